The van der Waals surface area contributed by atoms with Gasteiger partial charge in [0, 0.05) is 17.5 Å². The number of ether oxygens (including phenoxy) is 1. The van der Waals surface area contributed by atoms with Crippen LogP contribution in [0.15, 0.2) is 30.3 Å². The van der Waals surface area contributed by atoms with Gasteiger partial charge in [0.2, 0.25) is 0 Å². The maximum absolute atomic E-state index is 10.6. The molecular formula is C16H20N3O3+. The molecule has 6 nitrogen and oxygen atoms in total. The number of carboxylic acid groups (broad SMARTS) is 1. The van der Waals surface area contributed by atoms with Gasteiger partial charge in [0.05, 0.1) is 7.11 Å². The number of nitrogens with zero attached hydrogens (tertiary/aromatic N) is 2. The summed E-state index contributed by atoms with van der Waals surface area (Å²) in [4.78, 5) is 10.6. The summed E-state index contributed by atoms with van der Waals surface area (Å²) in [5.41, 5.74) is 8.69. The second-order valence-corrected chi connectivity index (χ2v) is 5.05. The largest absolute Gasteiger partial charge is 0.497 e. The number of benzene rings is 1. The quantitative estimate of drug-likeness (QED) is 0.794. The van der Waals surface area contributed by atoms with Crippen LogP contribution in [0.1, 0.15) is 18.4 Å². The third kappa shape index (κ3) is 3.72. The molecule has 3 N–H and O–H groups in total. The van der Waals surface area contributed by atoms with E-state index in [2.05, 4.69) is 5.10 Å². The minimum atomic E-state index is -0.817. The highest BCUT2D eigenvalue weighted by molar-refractivity contribution is 5.66. The summed E-state index contributed by atoms with van der Waals surface area (Å²) in [7, 11) is 1.62. The predicted octanol–water partition coefficient (Wildman–Crippen LogP) is 1.80. The Morgan fingerprint density at radius 1 is 1.36 bits per heavy atom. The second-order valence-electron chi connectivity index (χ2n) is 5.05. The molecule has 116 valence electrons. The third-order valence-electron chi connectivity index (χ3n) is 3.41. The lowest BCUT2D eigenvalue weighted by molar-refractivity contribution is -0.740. The number of nitrogens with two attached hydrogens (primary N) is 1. The zero-order valence-electron chi connectivity index (χ0n) is 12.7. The number of rotatable bonds is 6. The van der Waals surface area contributed by atoms with Gasteiger partial charge >= 0.3 is 5.97 Å². The van der Waals surface area contributed by atoms with Crippen molar-refractivity contribution in [2.24, 2.45) is 0 Å². The molecule has 1 heterocycles. The van der Waals surface area contributed by atoms with Gasteiger partial charge in [-0.1, -0.05) is 5.10 Å². The monoisotopic (exact) mass is 302 g/mol. The van der Waals surface area contributed by atoms with Gasteiger partial charge in [-0.15, -0.1) is 4.68 Å². The van der Waals surface area contributed by atoms with Crippen LogP contribution in [0.5, 0.6) is 5.75 Å². The number of carbonyl (C=O) groups is 1. The molecule has 0 bridgehead atoms. The average molecular weight is 302 g/mol. The van der Waals surface area contributed by atoms with Gasteiger partial charge in [-0.2, -0.15) is 0 Å². The number of methoxy groups -OCH3 is 1. The van der Waals surface area contributed by atoms with Crippen molar-refractivity contribution in [1.82, 2.24) is 5.10 Å². The van der Waals surface area contributed by atoms with Crippen molar-refractivity contribution in [1.29, 1.82) is 0 Å². The number of anilines is 1. The van der Waals surface area contributed by atoms with E-state index in [0.717, 1.165) is 22.6 Å². The Hall–Kier alpha value is -2.63. The highest BCUT2D eigenvalue weighted by atomic mass is 16.5. The lowest BCUT2D eigenvalue weighted by Crippen LogP contribution is -2.42. The summed E-state index contributed by atoms with van der Waals surface area (Å²) in [6.45, 7) is 2.39. The number of carboxylic acids is 1. The molecule has 0 unspecified atom stereocenters. The van der Waals surface area contributed by atoms with Crippen LogP contribution in [0.25, 0.3) is 11.3 Å². The molecule has 0 radical (unpaired) electrons. The van der Waals surface area contributed by atoms with E-state index in [-0.39, 0.29) is 6.42 Å². The zero-order chi connectivity index (χ0) is 16.1. The fourth-order valence-corrected chi connectivity index (χ4v) is 2.15. The molecule has 22 heavy (non-hydrogen) atoms. The van der Waals surface area contributed by atoms with E-state index in [4.69, 9.17) is 15.6 Å². The van der Waals surface area contributed by atoms with Crippen molar-refractivity contribution >= 4 is 11.8 Å². The van der Waals surface area contributed by atoms with Crippen LogP contribution >= 0.6 is 0 Å². The van der Waals surface area contributed by atoms with Crippen molar-refractivity contribution in [2.45, 2.75) is 26.3 Å². The molecule has 0 saturated carbocycles. The first kappa shape index (κ1) is 15.8. The van der Waals surface area contributed by atoms with Crippen molar-refractivity contribution in [3.8, 4) is 17.0 Å². The molecule has 2 rings (SSSR count). The molecule has 6 heteroatoms. The highest BCUT2D eigenvalue weighted by Crippen LogP contribution is 2.21. The Labute approximate surface area is 129 Å². The molecular weight excluding hydrogens is 282 g/mol. The molecule has 1 aromatic carbocycles. The van der Waals surface area contributed by atoms with Crippen molar-refractivity contribution < 1.29 is 19.3 Å². The van der Waals surface area contributed by atoms with E-state index in [9.17, 15) is 4.79 Å². The maximum Gasteiger partial charge on any atom is 0.303 e. The molecule has 0 aliphatic heterocycles. The molecule has 0 aliphatic carbocycles. The first-order valence-electron chi connectivity index (χ1n) is 7.04. The van der Waals surface area contributed by atoms with Gasteiger partial charge in [0.25, 0.3) is 5.82 Å². The standard InChI is InChI=1S/C16H19N3O3/c1-11-10-14(12-5-7-13(22-2)8-6-12)18-19(16(11)17)9-3-4-15(20)21/h5-8,10,17H,3-4,9H2,1-2H3,(H,20,21)/p+1. The smallest absolute Gasteiger partial charge is 0.303 e. The molecule has 2 aromatic rings. The third-order valence-corrected chi connectivity index (χ3v) is 3.41. The molecule has 0 fully saturated rings. The van der Waals surface area contributed by atoms with Crippen LogP contribution in [0, 0.1) is 6.92 Å². The SMILES string of the molecule is COc1ccc(-c2cc(C)c(N)[n+](CCCC(=O)O)n2)cc1. The summed E-state index contributed by atoms with van der Waals surface area (Å²) in [6.07, 6.45) is 0.586. The van der Waals surface area contributed by atoms with Crippen molar-refractivity contribution in [3.63, 3.8) is 0 Å². The van der Waals surface area contributed by atoms with Gasteiger partial charge in [-0.25, -0.2) is 0 Å². The zero-order valence-corrected chi connectivity index (χ0v) is 12.7. The molecule has 1 aromatic heterocycles. The van der Waals surface area contributed by atoms with Crippen LogP contribution in [-0.2, 0) is 11.3 Å². The van der Waals surface area contributed by atoms with Gasteiger partial charge in [0.1, 0.15) is 18.0 Å². The highest BCUT2D eigenvalue weighted by Gasteiger charge is 2.14. The lowest BCUT2D eigenvalue weighted by Gasteiger charge is -2.07. The van der Waals surface area contributed by atoms with Crippen molar-refractivity contribution in [3.05, 3.63) is 35.9 Å². The summed E-state index contributed by atoms with van der Waals surface area (Å²) in [5.74, 6) is 0.523. The Bertz CT molecular complexity index is 669. The van der Waals surface area contributed by atoms with Crippen molar-refractivity contribution in [2.75, 3.05) is 12.8 Å². The topological polar surface area (TPSA) is 89.3 Å². The van der Waals surface area contributed by atoms with Crippen LogP contribution in [-0.4, -0.2) is 23.3 Å². The number of aryl methyl sites for hydroxylation is 2. The summed E-state index contributed by atoms with van der Waals surface area (Å²) >= 11 is 0. The molecule has 0 aliphatic rings. The maximum atomic E-state index is 10.6. The molecule has 0 atom stereocenters. The Balaban J connectivity index is 2.28. The number of aromatic nitrogens is 2. The normalized spacial score (nSPS) is 10.5. The van der Waals surface area contributed by atoms with E-state index in [1.54, 1.807) is 11.8 Å². The second kappa shape index (κ2) is 6.89. The Morgan fingerprint density at radius 2 is 2.05 bits per heavy atom. The number of nitrogen functional groups attached to an aromatic ring is 1. The minimum absolute atomic E-state index is 0.0972. The first-order chi connectivity index (χ1) is 10.5. The van der Waals surface area contributed by atoms with Gasteiger partial charge < -0.3 is 9.84 Å². The summed E-state index contributed by atoms with van der Waals surface area (Å²) < 4.78 is 6.81. The van der Waals surface area contributed by atoms with E-state index < -0.39 is 5.97 Å². The van der Waals surface area contributed by atoms with E-state index in [0.29, 0.717) is 18.8 Å². The van der Waals surface area contributed by atoms with Crippen LogP contribution in [0.3, 0.4) is 0 Å². The molecule has 0 amide bonds. The van der Waals surface area contributed by atoms with Gasteiger partial charge in [0.15, 0.2) is 0 Å². The fraction of sp³-hybridized carbons (Fsp3) is 0.312. The number of hydrogen-bond donors (Lipinski definition) is 2. The molecule has 0 saturated heterocycles. The molecule has 0 spiro atoms. The first-order valence-corrected chi connectivity index (χ1v) is 7.04. The van der Waals surface area contributed by atoms with Gasteiger partial charge in [-0.05, 0) is 43.7 Å². The number of hydrogen-bond acceptors (Lipinski definition) is 4. The van der Waals surface area contributed by atoms with E-state index in [1.165, 1.54) is 0 Å². The summed E-state index contributed by atoms with van der Waals surface area (Å²) in [6, 6.07) is 9.52. The number of aliphatic carboxylic acids is 1. The Morgan fingerprint density at radius 3 is 2.64 bits per heavy atom. The van der Waals surface area contributed by atoms with Crippen LogP contribution in [0.2, 0.25) is 0 Å². The lowest BCUT2D eigenvalue weighted by atomic mass is 10.1. The summed E-state index contributed by atoms with van der Waals surface area (Å²) in [5, 5.41) is 13.2. The van der Waals surface area contributed by atoms with Crippen LogP contribution < -0.4 is 15.2 Å². The average Bonchev–Trinajstić information content (AvgIpc) is 2.51. The predicted molar refractivity (Wildman–Crippen MR) is 82.4 cm³/mol. The van der Waals surface area contributed by atoms with E-state index >= 15 is 0 Å². The Kier molecular flexibility index (Phi) is 4.93. The van der Waals surface area contributed by atoms with Crippen LogP contribution in [0.4, 0.5) is 5.82 Å². The van der Waals surface area contributed by atoms with Gasteiger partial charge in [-0.3, -0.25) is 10.5 Å². The fourth-order valence-electron chi connectivity index (χ4n) is 2.15. The van der Waals surface area contributed by atoms with E-state index in [1.807, 2.05) is 37.3 Å². The minimum Gasteiger partial charge on any atom is -0.497 e.